The lowest BCUT2D eigenvalue weighted by molar-refractivity contribution is 0.748. The van der Waals surface area contributed by atoms with E-state index < -0.39 is 0 Å². The Hall–Kier alpha value is -0.960. The van der Waals surface area contributed by atoms with Crippen LogP contribution in [0.5, 0.6) is 0 Å². The number of benzene rings is 1. The fraction of sp³-hybridized carbons (Fsp3) is 0.267. The van der Waals surface area contributed by atoms with E-state index in [1.54, 1.807) is 12.3 Å². The van der Waals surface area contributed by atoms with Crippen molar-refractivity contribution in [2.75, 3.05) is 5.32 Å². The normalized spacial score (nSPS) is 12.2. The molecule has 1 atom stereocenters. The highest BCUT2D eigenvalue weighted by molar-refractivity contribution is 6.42. The molecule has 1 N–H and O–H groups in total. The predicted octanol–water partition coefficient (Wildman–Crippen LogP) is 5.91. The molecule has 0 radical (unpaired) electrons. The van der Waals surface area contributed by atoms with E-state index in [4.69, 9.17) is 34.8 Å². The van der Waals surface area contributed by atoms with Gasteiger partial charge in [-0.1, -0.05) is 47.8 Å². The van der Waals surface area contributed by atoms with Gasteiger partial charge in [0.15, 0.2) is 5.15 Å². The van der Waals surface area contributed by atoms with Crippen molar-refractivity contribution in [1.82, 2.24) is 4.98 Å². The third-order valence-corrected chi connectivity index (χ3v) is 4.10. The van der Waals surface area contributed by atoms with E-state index in [-0.39, 0.29) is 6.04 Å². The SMILES string of the molecule is CCC(Nc1cc(C)cnc1Cl)c1ccc(Cl)c(Cl)c1. The number of pyridine rings is 1. The summed E-state index contributed by atoms with van der Waals surface area (Å²) in [4.78, 5) is 4.15. The second-order valence-corrected chi connectivity index (χ2v) is 5.80. The van der Waals surface area contributed by atoms with Crippen molar-refractivity contribution >= 4 is 40.5 Å². The van der Waals surface area contributed by atoms with Crippen LogP contribution in [0.1, 0.15) is 30.5 Å². The number of hydrogen-bond acceptors (Lipinski definition) is 2. The highest BCUT2D eigenvalue weighted by Crippen LogP contribution is 2.30. The maximum atomic E-state index is 6.12. The molecule has 1 unspecified atom stereocenters. The Morgan fingerprint density at radius 2 is 1.90 bits per heavy atom. The molecular weight excluding hydrogens is 315 g/mol. The van der Waals surface area contributed by atoms with Crippen LogP contribution in [0.15, 0.2) is 30.5 Å². The van der Waals surface area contributed by atoms with E-state index in [0.29, 0.717) is 15.2 Å². The van der Waals surface area contributed by atoms with Crippen LogP contribution in [0.3, 0.4) is 0 Å². The lowest BCUT2D eigenvalue weighted by atomic mass is 10.0. The smallest absolute Gasteiger partial charge is 0.152 e. The summed E-state index contributed by atoms with van der Waals surface area (Å²) in [7, 11) is 0. The van der Waals surface area contributed by atoms with E-state index in [1.807, 2.05) is 25.1 Å². The van der Waals surface area contributed by atoms with Gasteiger partial charge in [0.1, 0.15) is 0 Å². The number of nitrogens with zero attached hydrogens (tertiary/aromatic N) is 1. The summed E-state index contributed by atoms with van der Waals surface area (Å²) in [5.74, 6) is 0. The lowest BCUT2D eigenvalue weighted by Crippen LogP contribution is -2.10. The summed E-state index contributed by atoms with van der Waals surface area (Å²) in [5.41, 5.74) is 2.95. The Morgan fingerprint density at radius 3 is 2.55 bits per heavy atom. The molecule has 0 aliphatic rings. The van der Waals surface area contributed by atoms with Crippen LogP contribution in [0, 0.1) is 6.92 Å². The van der Waals surface area contributed by atoms with Gasteiger partial charge in [0.05, 0.1) is 21.8 Å². The molecule has 1 aromatic carbocycles. The Kier molecular flexibility index (Phi) is 5.14. The molecule has 0 spiro atoms. The van der Waals surface area contributed by atoms with Gasteiger partial charge < -0.3 is 5.32 Å². The minimum absolute atomic E-state index is 0.103. The molecule has 0 fully saturated rings. The zero-order valence-corrected chi connectivity index (χ0v) is 13.5. The Balaban J connectivity index is 2.28. The van der Waals surface area contributed by atoms with Crippen molar-refractivity contribution in [3.05, 3.63) is 56.8 Å². The molecule has 2 aromatic rings. The van der Waals surface area contributed by atoms with Crippen molar-refractivity contribution < 1.29 is 0 Å². The molecule has 0 saturated carbocycles. The first kappa shape index (κ1) is 15.4. The molecule has 0 amide bonds. The molecule has 2 rings (SSSR count). The Labute approximate surface area is 134 Å². The number of aryl methyl sites for hydroxylation is 1. The van der Waals surface area contributed by atoms with Gasteiger partial charge in [-0.05, 0) is 42.7 Å². The number of rotatable bonds is 4. The molecule has 0 saturated heterocycles. The van der Waals surface area contributed by atoms with Crippen LogP contribution in [0.2, 0.25) is 15.2 Å². The first-order chi connectivity index (χ1) is 9.51. The van der Waals surface area contributed by atoms with Crippen LogP contribution in [-0.4, -0.2) is 4.98 Å². The highest BCUT2D eigenvalue weighted by atomic mass is 35.5. The minimum atomic E-state index is 0.103. The van der Waals surface area contributed by atoms with Crippen molar-refractivity contribution in [1.29, 1.82) is 0 Å². The summed E-state index contributed by atoms with van der Waals surface area (Å²) in [5, 5.41) is 4.98. The van der Waals surface area contributed by atoms with E-state index in [0.717, 1.165) is 23.2 Å². The lowest BCUT2D eigenvalue weighted by Gasteiger charge is -2.20. The van der Waals surface area contributed by atoms with E-state index >= 15 is 0 Å². The largest absolute Gasteiger partial charge is 0.376 e. The molecule has 106 valence electrons. The molecule has 0 bridgehead atoms. The molecule has 1 heterocycles. The molecule has 5 heteroatoms. The fourth-order valence-corrected chi connectivity index (χ4v) is 2.46. The maximum absolute atomic E-state index is 6.12. The number of hydrogen-bond donors (Lipinski definition) is 1. The number of anilines is 1. The number of aromatic nitrogens is 1. The Bertz CT molecular complexity index is 614. The summed E-state index contributed by atoms with van der Waals surface area (Å²) in [6, 6.07) is 7.73. The van der Waals surface area contributed by atoms with Gasteiger partial charge in [-0.25, -0.2) is 4.98 Å². The van der Waals surface area contributed by atoms with Crippen LogP contribution in [0.25, 0.3) is 0 Å². The Morgan fingerprint density at radius 1 is 1.15 bits per heavy atom. The summed E-state index contributed by atoms with van der Waals surface area (Å²) in [6.07, 6.45) is 2.63. The van der Waals surface area contributed by atoms with E-state index in [2.05, 4.69) is 17.2 Å². The van der Waals surface area contributed by atoms with E-state index in [9.17, 15) is 0 Å². The summed E-state index contributed by atoms with van der Waals surface area (Å²) < 4.78 is 0. The van der Waals surface area contributed by atoms with Crippen molar-refractivity contribution in [2.24, 2.45) is 0 Å². The highest BCUT2D eigenvalue weighted by Gasteiger charge is 2.13. The van der Waals surface area contributed by atoms with Crippen molar-refractivity contribution in [2.45, 2.75) is 26.3 Å². The quantitative estimate of drug-likeness (QED) is 0.705. The van der Waals surface area contributed by atoms with Gasteiger partial charge in [-0.15, -0.1) is 0 Å². The van der Waals surface area contributed by atoms with Crippen LogP contribution in [0.4, 0.5) is 5.69 Å². The first-order valence-corrected chi connectivity index (χ1v) is 7.48. The zero-order valence-electron chi connectivity index (χ0n) is 11.3. The van der Waals surface area contributed by atoms with Gasteiger partial charge in [-0.3, -0.25) is 0 Å². The molecular formula is C15H15Cl3N2. The average Bonchev–Trinajstić information content (AvgIpc) is 2.43. The second-order valence-electron chi connectivity index (χ2n) is 4.63. The monoisotopic (exact) mass is 328 g/mol. The van der Waals surface area contributed by atoms with Crippen LogP contribution < -0.4 is 5.32 Å². The third-order valence-electron chi connectivity index (χ3n) is 3.06. The maximum Gasteiger partial charge on any atom is 0.152 e. The van der Waals surface area contributed by atoms with Gasteiger partial charge in [0, 0.05) is 6.20 Å². The van der Waals surface area contributed by atoms with Crippen molar-refractivity contribution in [3.63, 3.8) is 0 Å². The standard InChI is InChI=1S/C15H15Cl3N2/c1-3-13(10-4-5-11(16)12(17)7-10)20-14-6-9(2)8-19-15(14)18/h4-8,13,20H,3H2,1-2H3. The molecule has 20 heavy (non-hydrogen) atoms. The fourth-order valence-electron chi connectivity index (χ4n) is 1.99. The van der Waals surface area contributed by atoms with Gasteiger partial charge >= 0.3 is 0 Å². The number of nitrogens with one attached hydrogen (secondary N) is 1. The summed E-state index contributed by atoms with van der Waals surface area (Å²) in [6.45, 7) is 4.08. The van der Waals surface area contributed by atoms with Crippen LogP contribution in [-0.2, 0) is 0 Å². The second kappa shape index (κ2) is 6.66. The van der Waals surface area contributed by atoms with E-state index in [1.165, 1.54) is 0 Å². The topological polar surface area (TPSA) is 24.9 Å². The van der Waals surface area contributed by atoms with Gasteiger partial charge in [0.25, 0.3) is 0 Å². The molecule has 0 aliphatic carbocycles. The number of halogens is 3. The third kappa shape index (κ3) is 3.57. The molecule has 0 aliphatic heterocycles. The average molecular weight is 330 g/mol. The molecule has 1 aromatic heterocycles. The first-order valence-electron chi connectivity index (χ1n) is 6.35. The van der Waals surface area contributed by atoms with Gasteiger partial charge in [-0.2, -0.15) is 0 Å². The van der Waals surface area contributed by atoms with Gasteiger partial charge in [0.2, 0.25) is 0 Å². The zero-order chi connectivity index (χ0) is 14.7. The summed E-state index contributed by atoms with van der Waals surface area (Å²) >= 11 is 18.1. The molecule has 2 nitrogen and oxygen atoms in total. The van der Waals surface area contributed by atoms with Crippen molar-refractivity contribution in [3.8, 4) is 0 Å². The van der Waals surface area contributed by atoms with Crippen LogP contribution >= 0.6 is 34.8 Å². The predicted molar refractivity (Wildman–Crippen MR) is 87.1 cm³/mol. The minimum Gasteiger partial charge on any atom is -0.376 e.